The van der Waals surface area contributed by atoms with E-state index >= 15 is 0 Å². The van der Waals surface area contributed by atoms with Gasteiger partial charge in [0.2, 0.25) is 5.89 Å². The van der Waals surface area contributed by atoms with Crippen LogP contribution in [0.2, 0.25) is 0 Å². The molecule has 7 heteroatoms. The topological polar surface area (TPSA) is 86.9 Å². The molecular weight excluding hydrogens is 252 g/mol. The Hall–Kier alpha value is -1.76. The van der Waals surface area contributed by atoms with Gasteiger partial charge in [-0.1, -0.05) is 11.8 Å². The number of pyridine rings is 1. The molecule has 0 bridgehead atoms. The Morgan fingerprint density at radius 2 is 2.28 bits per heavy atom. The number of nitrogen functional groups attached to an aromatic ring is 1. The van der Waals surface area contributed by atoms with Crippen molar-refractivity contribution in [2.75, 3.05) is 11.5 Å². The van der Waals surface area contributed by atoms with Crippen LogP contribution in [0.25, 0.3) is 0 Å². The van der Waals surface area contributed by atoms with Crippen molar-refractivity contribution in [3.05, 3.63) is 34.6 Å². The molecule has 2 aromatic heterocycles. The zero-order valence-electron chi connectivity index (χ0n) is 10.00. The van der Waals surface area contributed by atoms with Gasteiger partial charge < -0.3 is 14.7 Å². The smallest absolute Gasteiger partial charge is 0.276 e. The minimum Gasteiger partial charge on any atom is -0.416 e. The molecule has 2 aromatic rings. The number of aromatic nitrogens is 3. The lowest BCUT2D eigenvalue weighted by atomic mass is 10.4. The van der Waals surface area contributed by atoms with Gasteiger partial charge in [0.25, 0.3) is 10.8 Å². The third-order valence-corrected chi connectivity index (χ3v) is 3.19. The minimum atomic E-state index is -0.0390. The highest BCUT2D eigenvalue weighted by Crippen LogP contribution is 2.16. The molecule has 18 heavy (non-hydrogen) atoms. The number of anilines is 1. The van der Waals surface area contributed by atoms with Gasteiger partial charge in [0.05, 0.1) is 0 Å². The van der Waals surface area contributed by atoms with E-state index < -0.39 is 0 Å². The highest BCUT2D eigenvalue weighted by molar-refractivity contribution is 7.99. The van der Waals surface area contributed by atoms with Gasteiger partial charge in [-0.15, -0.1) is 10.2 Å². The van der Waals surface area contributed by atoms with Crippen molar-refractivity contribution >= 4 is 17.4 Å². The fourth-order valence-corrected chi connectivity index (χ4v) is 2.18. The van der Waals surface area contributed by atoms with Gasteiger partial charge in [0, 0.05) is 37.2 Å². The van der Waals surface area contributed by atoms with Crippen LogP contribution in [0.15, 0.2) is 32.8 Å². The zero-order valence-corrected chi connectivity index (χ0v) is 10.8. The SMILES string of the molecule is Cc1nnc(SCCCn2cc(N)ccc2=O)o1. The second kappa shape index (κ2) is 5.72. The number of nitrogens with zero attached hydrogens (tertiary/aromatic N) is 3. The average Bonchev–Trinajstić information content (AvgIpc) is 2.75. The maximum atomic E-state index is 11.5. The summed E-state index contributed by atoms with van der Waals surface area (Å²) in [7, 11) is 0. The lowest BCUT2D eigenvalue weighted by Gasteiger charge is -2.05. The normalized spacial score (nSPS) is 10.7. The first kappa shape index (κ1) is 12.7. The monoisotopic (exact) mass is 266 g/mol. The molecule has 0 saturated heterocycles. The molecule has 0 fully saturated rings. The van der Waals surface area contributed by atoms with Gasteiger partial charge in [-0.3, -0.25) is 4.79 Å². The van der Waals surface area contributed by atoms with Crippen LogP contribution in [0.3, 0.4) is 0 Å². The summed E-state index contributed by atoms with van der Waals surface area (Å²) in [5.74, 6) is 1.37. The number of hydrogen-bond donors (Lipinski definition) is 1. The van der Waals surface area contributed by atoms with Crippen molar-refractivity contribution in [1.82, 2.24) is 14.8 Å². The summed E-state index contributed by atoms with van der Waals surface area (Å²) < 4.78 is 6.84. The van der Waals surface area contributed by atoms with Gasteiger partial charge in [-0.05, 0) is 12.5 Å². The van der Waals surface area contributed by atoms with E-state index in [0.717, 1.165) is 12.2 Å². The summed E-state index contributed by atoms with van der Waals surface area (Å²) >= 11 is 1.48. The Kier molecular flexibility index (Phi) is 4.03. The summed E-state index contributed by atoms with van der Waals surface area (Å²) in [6.45, 7) is 2.38. The number of nitrogens with two attached hydrogens (primary N) is 1. The molecule has 0 saturated carbocycles. The van der Waals surface area contributed by atoms with E-state index in [0.29, 0.717) is 23.3 Å². The van der Waals surface area contributed by atoms with Crippen LogP contribution in [0.1, 0.15) is 12.3 Å². The Morgan fingerprint density at radius 3 is 3.00 bits per heavy atom. The Bertz CT molecular complexity index is 578. The molecule has 0 aromatic carbocycles. The van der Waals surface area contributed by atoms with E-state index in [4.69, 9.17) is 10.2 Å². The molecular formula is C11H14N4O2S. The lowest BCUT2D eigenvalue weighted by Crippen LogP contribution is -2.19. The standard InChI is InChI=1S/C11H14N4O2S/c1-8-13-14-11(17-8)18-6-2-5-15-7-9(12)3-4-10(15)16/h3-4,7H,2,5-6,12H2,1H3. The summed E-state index contributed by atoms with van der Waals surface area (Å²) in [5.41, 5.74) is 6.18. The first-order valence-electron chi connectivity index (χ1n) is 5.54. The van der Waals surface area contributed by atoms with Crippen LogP contribution in [0, 0.1) is 6.92 Å². The minimum absolute atomic E-state index is 0.0390. The maximum Gasteiger partial charge on any atom is 0.276 e. The van der Waals surface area contributed by atoms with Crippen LogP contribution in [0.5, 0.6) is 0 Å². The van der Waals surface area contributed by atoms with Crippen molar-refractivity contribution in [1.29, 1.82) is 0 Å². The van der Waals surface area contributed by atoms with Crippen LogP contribution < -0.4 is 11.3 Å². The molecule has 0 unspecified atom stereocenters. The fraction of sp³-hybridized carbons (Fsp3) is 0.364. The van der Waals surface area contributed by atoms with E-state index in [2.05, 4.69) is 10.2 Å². The average molecular weight is 266 g/mol. The molecule has 0 aliphatic heterocycles. The van der Waals surface area contributed by atoms with E-state index in [1.165, 1.54) is 17.8 Å². The molecule has 0 aliphatic carbocycles. The predicted octanol–water partition coefficient (Wildman–Crippen LogP) is 1.30. The predicted molar refractivity (Wildman–Crippen MR) is 69.5 cm³/mol. The molecule has 0 atom stereocenters. The van der Waals surface area contributed by atoms with E-state index in [9.17, 15) is 4.79 Å². The fourth-order valence-electron chi connectivity index (χ4n) is 1.46. The lowest BCUT2D eigenvalue weighted by molar-refractivity contribution is 0.429. The Morgan fingerprint density at radius 1 is 1.44 bits per heavy atom. The Balaban J connectivity index is 1.82. The first-order valence-corrected chi connectivity index (χ1v) is 6.52. The number of aryl methyl sites for hydroxylation is 2. The van der Waals surface area contributed by atoms with Crippen molar-refractivity contribution in [3.8, 4) is 0 Å². The van der Waals surface area contributed by atoms with Crippen LogP contribution in [0.4, 0.5) is 5.69 Å². The highest BCUT2D eigenvalue weighted by atomic mass is 32.2. The first-order chi connectivity index (χ1) is 8.65. The van der Waals surface area contributed by atoms with E-state index in [1.807, 2.05) is 0 Å². The second-order valence-electron chi connectivity index (χ2n) is 3.78. The molecule has 2 heterocycles. The van der Waals surface area contributed by atoms with Crippen LogP contribution in [-0.2, 0) is 6.54 Å². The summed E-state index contributed by atoms with van der Waals surface area (Å²) in [6, 6.07) is 3.08. The maximum absolute atomic E-state index is 11.5. The van der Waals surface area contributed by atoms with Gasteiger partial charge in [-0.2, -0.15) is 0 Å². The zero-order chi connectivity index (χ0) is 13.0. The summed E-state index contributed by atoms with van der Waals surface area (Å²) in [4.78, 5) is 11.5. The van der Waals surface area contributed by atoms with Crippen molar-refractivity contribution in [2.45, 2.75) is 25.1 Å². The molecule has 6 nitrogen and oxygen atoms in total. The molecule has 96 valence electrons. The molecule has 0 amide bonds. The largest absolute Gasteiger partial charge is 0.416 e. The summed E-state index contributed by atoms with van der Waals surface area (Å²) in [5, 5.41) is 8.18. The highest BCUT2D eigenvalue weighted by Gasteiger charge is 2.03. The van der Waals surface area contributed by atoms with Crippen molar-refractivity contribution in [3.63, 3.8) is 0 Å². The molecule has 0 radical (unpaired) electrons. The number of hydrogen-bond acceptors (Lipinski definition) is 6. The van der Waals surface area contributed by atoms with Crippen LogP contribution >= 0.6 is 11.8 Å². The van der Waals surface area contributed by atoms with E-state index in [1.54, 1.807) is 23.8 Å². The van der Waals surface area contributed by atoms with Crippen molar-refractivity contribution in [2.24, 2.45) is 0 Å². The third-order valence-electron chi connectivity index (χ3n) is 2.28. The van der Waals surface area contributed by atoms with Gasteiger partial charge in [0.1, 0.15) is 0 Å². The second-order valence-corrected chi connectivity index (χ2v) is 4.83. The van der Waals surface area contributed by atoms with Crippen LogP contribution in [-0.4, -0.2) is 20.5 Å². The van der Waals surface area contributed by atoms with E-state index in [-0.39, 0.29) is 5.56 Å². The Labute approximate surface area is 108 Å². The van der Waals surface area contributed by atoms with Gasteiger partial charge >= 0.3 is 0 Å². The van der Waals surface area contributed by atoms with Gasteiger partial charge in [0.15, 0.2) is 0 Å². The van der Waals surface area contributed by atoms with Gasteiger partial charge in [-0.25, -0.2) is 0 Å². The third kappa shape index (κ3) is 3.36. The van der Waals surface area contributed by atoms with Crippen molar-refractivity contribution < 1.29 is 4.42 Å². The molecule has 2 N–H and O–H groups in total. The summed E-state index contributed by atoms with van der Waals surface area (Å²) in [6.07, 6.45) is 2.49. The number of thioether (sulfide) groups is 1. The number of rotatable bonds is 5. The molecule has 2 rings (SSSR count). The molecule has 0 aliphatic rings. The quantitative estimate of drug-likeness (QED) is 0.648. The molecule has 0 spiro atoms.